The molecule has 0 fully saturated rings. The van der Waals surface area contributed by atoms with Gasteiger partial charge in [-0.2, -0.15) is 0 Å². The van der Waals surface area contributed by atoms with Crippen LogP contribution >= 0.6 is 0 Å². The molecule has 1 aromatic rings. The first-order valence-electron chi connectivity index (χ1n) is 4.30. The predicted octanol–water partition coefficient (Wildman–Crippen LogP) is 2.79. The molecule has 4 heteroatoms. The summed E-state index contributed by atoms with van der Waals surface area (Å²) >= 11 is 0. The van der Waals surface area contributed by atoms with Crippen LogP contribution in [0.2, 0.25) is 0 Å². The summed E-state index contributed by atoms with van der Waals surface area (Å²) in [5.41, 5.74) is 6.41. The number of benzene rings is 1. The molecule has 0 aliphatic rings. The molecule has 1 aromatic carbocycles. The van der Waals surface area contributed by atoms with Gasteiger partial charge in [0.05, 0.1) is 0 Å². The Kier molecular flexibility index (Phi) is 3.52. The number of rotatable bonds is 3. The molecule has 0 bridgehead atoms. The predicted molar refractivity (Wildman–Crippen MR) is 48.7 cm³/mol. The van der Waals surface area contributed by atoms with Crippen LogP contribution in [0.25, 0.3) is 0 Å². The number of nitrogens with two attached hydrogens (primary N) is 1. The second-order valence-electron chi connectivity index (χ2n) is 3.26. The van der Waals surface area contributed by atoms with E-state index in [1.165, 1.54) is 12.1 Å². The van der Waals surface area contributed by atoms with E-state index in [9.17, 15) is 13.2 Å². The summed E-state index contributed by atoms with van der Waals surface area (Å²) < 4.78 is 37.1. The fourth-order valence-corrected chi connectivity index (χ4v) is 1.27. The second-order valence-corrected chi connectivity index (χ2v) is 3.26. The molecule has 78 valence electrons. The van der Waals surface area contributed by atoms with Gasteiger partial charge in [0, 0.05) is 18.0 Å². The molecule has 0 heterocycles. The zero-order valence-electron chi connectivity index (χ0n) is 7.81. The van der Waals surface area contributed by atoms with Crippen molar-refractivity contribution in [2.45, 2.75) is 25.8 Å². The van der Waals surface area contributed by atoms with E-state index in [1.807, 2.05) is 0 Å². The molecule has 0 aliphatic heterocycles. The fourth-order valence-electron chi connectivity index (χ4n) is 1.27. The highest BCUT2D eigenvalue weighted by Gasteiger charge is 2.16. The summed E-state index contributed by atoms with van der Waals surface area (Å²) in [6.07, 6.45) is -3.02. The molecule has 0 spiro atoms. The third-order valence-electron chi connectivity index (χ3n) is 1.98. The van der Waals surface area contributed by atoms with Crippen molar-refractivity contribution in [3.8, 4) is 0 Å². The van der Waals surface area contributed by atoms with Crippen molar-refractivity contribution < 1.29 is 13.2 Å². The Morgan fingerprint density at radius 2 is 2.00 bits per heavy atom. The Balaban J connectivity index is 2.88. The highest BCUT2D eigenvalue weighted by atomic mass is 19.3. The smallest absolute Gasteiger partial charge is 0.240 e. The topological polar surface area (TPSA) is 26.0 Å². The molecule has 0 aliphatic carbocycles. The van der Waals surface area contributed by atoms with E-state index >= 15 is 0 Å². The van der Waals surface area contributed by atoms with Gasteiger partial charge in [-0.1, -0.05) is 17.7 Å². The van der Waals surface area contributed by atoms with E-state index in [4.69, 9.17) is 5.73 Å². The van der Waals surface area contributed by atoms with E-state index in [1.54, 1.807) is 13.0 Å². The molecule has 1 atom stereocenters. The summed E-state index contributed by atoms with van der Waals surface area (Å²) in [5, 5.41) is 0. The molecule has 0 radical (unpaired) electrons. The number of hydrogen-bond donors (Lipinski definition) is 1. The van der Waals surface area contributed by atoms with Gasteiger partial charge < -0.3 is 5.73 Å². The molecule has 0 unspecified atom stereocenters. The molecule has 0 amide bonds. The minimum Gasteiger partial charge on any atom is -0.324 e. The second kappa shape index (κ2) is 4.46. The maximum Gasteiger partial charge on any atom is 0.240 e. The van der Waals surface area contributed by atoms with E-state index in [2.05, 4.69) is 0 Å². The Bertz CT molecular complexity index is 312. The first kappa shape index (κ1) is 11.0. The van der Waals surface area contributed by atoms with E-state index in [-0.39, 0.29) is 5.56 Å². The van der Waals surface area contributed by atoms with Crippen LogP contribution < -0.4 is 5.73 Å². The van der Waals surface area contributed by atoms with Gasteiger partial charge in [-0.05, 0) is 13.0 Å². The van der Waals surface area contributed by atoms with Gasteiger partial charge in [-0.3, -0.25) is 0 Å². The Labute approximate surface area is 80.7 Å². The Hall–Kier alpha value is -1.03. The van der Waals surface area contributed by atoms with Crippen LogP contribution in [0.15, 0.2) is 18.2 Å². The van der Waals surface area contributed by atoms with E-state index in [0.717, 1.165) is 5.56 Å². The maximum atomic E-state index is 13.1. The van der Waals surface area contributed by atoms with Gasteiger partial charge in [-0.15, -0.1) is 0 Å². The maximum absolute atomic E-state index is 13.1. The monoisotopic (exact) mass is 203 g/mol. The summed E-state index contributed by atoms with van der Waals surface area (Å²) in [7, 11) is 0. The van der Waals surface area contributed by atoms with Crippen molar-refractivity contribution in [1.29, 1.82) is 0 Å². The Morgan fingerprint density at radius 1 is 1.36 bits per heavy atom. The zero-order chi connectivity index (χ0) is 10.7. The quantitative estimate of drug-likeness (QED) is 0.803. The third-order valence-corrected chi connectivity index (χ3v) is 1.98. The van der Waals surface area contributed by atoms with Crippen LogP contribution in [0.5, 0.6) is 0 Å². The molecule has 0 aromatic heterocycles. The van der Waals surface area contributed by atoms with Crippen molar-refractivity contribution in [1.82, 2.24) is 0 Å². The molecule has 14 heavy (non-hydrogen) atoms. The van der Waals surface area contributed by atoms with E-state index < -0.39 is 24.7 Å². The molecule has 0 saturated carbocycles. The normalized spacial score (nSPS) is 13.3. The lowest BCUT2D eigenvalue weighted by Crippen LogP contribution is -2.15. The third kappa shape index (κ3) is 2.73. The molecular weight excluding hydrogens is 191 g/mol. The lowest BCUT2D eigenvalue weighted by atomic mass is 10.0. The van der Waals surface area contributed by atoms with Crippen LogP contribution in [0.3, 0.4) is 0 Å². The number of aryl methyl sites for hydroxylation is 1. The summed E-state index contributed by atoms with van der Waals surface area (Å²) in [4.78, 5) is 0. The van der Waals surface area contributed by atoms with Crippen LogP contribution in [0.1, 0.15) is 23.6 Å². The number of hydrogen-bond acceptors (Lipinski definition) is 1. The van der Waals surface area contributed by atoms with Gasteiger partial charge in [0.15, 0.2) is 0 Å². The van der Waals surface area contributed by atoms with Crippen LogP contribution in [0.4, 0.5) is 13.2 Å². The molecule has 2 N–H and O–H groups in total. The average molecular weight is 203 g/mol. The largest absolute Gasteiger partial charge is 0.324 e. The lowest BCUT2D eigenvalue weighted by Gasteiger charge is -2.12. The van der Waals surface area contributed by atoms with Gasteiger partial charge in [0.25, 0.3) is 0 Å². The lowest BCUT2D eigenvalue weighted by molar-refractivity contribution is 0.128. The Morgan fingerprint density at radius 3 is 2.57 bits per heavy atom. The van der Waals surface area contributed by atoms with Crippen molar-refractivity contribution in [3.05, 3.63) is 35.1 Å². The van der Waals surface area contributed by atoms with Gasteiger partial charge in [0.2, 0.25) is 6.43 Å². The number of halogens is 3. The highest BCUT2D eigenvalue weighted by Crippen LogP contribution is 2.21. The van der Waals surface area contributed by atoms with Gasteiger partial charge in [0.1, 0.15) is 5.82 Å². The summed E-state index contributed by atoms with van der Waals surface area (Å²) in [6.45, 7) is 1.76. The first-order valence-corrected chi connectivity index (χ1v) is 4.30. The molecule has 1 nitrogen and oxygen atoms in total. The average Bonchev–Trinajstić information content (AvgIpc) is 2.08. The minimum absolute atomic E-state index is 0.158. The van der Waals surface area contributed by atoms with Gasteiger partial charge >= 0.3 is 0 Å². The zero-order valence-corrected chi connectivity index (χ0v) is 7.81. The SMILES string of the molecule is Cc1ccc(F)c([C@H](N)CC(F)F)c1. The highest BCUT2D eigenvalue weighted by molar-refractivity contribution is 5.26. The molecule has 1 rings (SSSR count). The molecule has 0 saturated heterocycles. The fraction of sp³-hybridized carbons (Fsp3) is 0.400. The van der Waals surface area contributed by atoms with E-state index in [0.29, 0.717) is 0 Å². The number of alkyl halides is 2. The van der Waals surface area contributed by atoms with Crippen molar-refractivity contribution in [3.63, 3.8) is 0 Å². The van der Waals surface area contributed by atoms with Crippen LogP contribution in [-0.4, -0.2) is 6.43 Å². The summed E-state index contributed by atoms with van der Waals surface area (Å²) in [5.74, 6) is -0.524. The standard InChI is InChI=1S/C10H12F3N/c1-6-2-3-8(11)7(4-6)9(14)5-10(12)13/h2-4,9-10H,5,14H2,1H3/t9-/m1/s1. The minimum atomic E-state index is -2.51. The van der Waals surface area contributed by atoms with Crippen LogP contribution in [-0.2, 0) is 0 Å². The first-order chi connectivity index (χ1) is 6.50. The van der Waals surface area contributed by atoms with Crippen LogP contribution in [0, 0.1) is 12.7 Å². The van der Waals surface area contributed by atoms with Gasteiger partial charge in [-0.25, -0.2) is 13.2 Å². The molecular formula is C10H12F3N. The van der Waals surface area contributed by atoms with Crippen molar-refractivity contribution in [2.75, 3.05) is 0 Å². The van der Waals surface area contributed by atoms with Crippen molar-refractivity contribution >= 4 is 0 Å². The summed E-state index contributed by atoms with van der Waals surface area (Å²) in [6, 6.07) is 3.39. The van der Waals surface area contributed by atoms with Crippen molar-refractivity contribution in [2.24, 2.45) is 5.73 Å².